The molecule has 5 rings (SSSR count). The van der Waals surface area contributed by atoms with Crippen molar-refractivity contribution in [3.05, 3.63) is 53.6 Å². The quantitative estimate of drug-likeness (QED) is 0.477. The Morgan fingerprint density at radius 3 is 2.83 bits per heavy atom. The summed E-state index contributed by atoms with van der Waals surface area (Å²) in [4.78, 5) is 47.3. The Bertz CT molecular complexity index is 1400. The average molecular weight is 506 g/mol. The molecule has 36 heavy (non-hydrogen) atoms. The molecule has 2 aliphatic heterocycles. The van der Waals surface area contributed by atoms with Gasteiger partial charge >= 0.3 is 6.03 Å². The Kier molecular flexibility index (Phi) is 6.13. The molecule has 0 bridgehead atoms. The molecular weight excluding hydrogens is 478 g/mol. The van der Waals surface area contributed by atoms with Crippen molar-refractivity contribution >= 4 is 56.5 Å². The fourth-order valence-corrected chi connectivity index (χ4v) is 5.69. The van der Waals surface area contributed by atoms with Gasteiger partial charge in [0, 0.05) is 25.3 Å². The second-order valence-corrected chi connectivity index (χ2v) is 10.1. The highest BCUT2D eigenvalue weighted by atomic mass is 32.1. The zero-order valence-electron chi connectivity index (χ0n) is 20.3. The number of nitrogens with zero attached hydrogens (tertiary/aromatic N) is 3. The van der Waals surface area contributed by atoms with Gasteiger partial charge in [-0.15, -0.1) is 11.3 Å². The number of ether oxygens (including phenoxy) is 1. The van der Waals surface area contributed by atoms with Gasteiger partial charge in [-0.3, -0.25) is 14.5 Å². The van der Waals surface area contributed by atoms with Gasteiger partial charge in [-0.25, -0.2) is 9.78 Å². The summed E-state index contributed by atoms with van der Waals surface area (Å²) in [5, 5.41) is 6.66. The van der Waals surface area contributed by atoms with Gasteiger partial charge in [0.2, 0.25) is 5.91 Å². The number of urea groups is 1. The number of rotatable bonds is 6. The Hall–Kier alpha value is -3.92. The predicted octanol–water partition coefficient (Wildman–Crippen LogP) is 4.59. The number of amides is 4. The van der Waals surface area contributed by atoms with E-state index in [1.807, 2.05) is 39.0 Å². The van der Waals surface area contributed by atoms with E-state index in [4.69, 9.17) is 4.74 Å². The number of aromatic nitrogens is 1. The largest absolute Gasteiger partial charge is 0.491 e. The second kappa shape index (κ2) is 9.27. The molecule has 1 unspecified atom stereocenters. The summed E-state index contributed by atoms with van der Waals surface area (Å²) in [7, 11) is 0. The van der Waals surface area contributed by atoms with E-state index in [-0.39, 0.29) is 30.0 Å². The van der Waals surface area contributed by atoms with Gasteiger partial charge in [-0.2, -0.15) is 0 Å². The molecule has 2 aromatic heterocycles. The fourth-order valence-electron chi connectivity index (χ4n) is 4.67. The lowest BCUT2D eigenvalue weighted by Gasteiger charge is -2.29. The molecule has 4 heterocycles. The molecule has 2 aliphatic rings. The molecule has 1 saturated heterocycles. The van der Waals surface area contributed by atoms with Gasteiger partial charge < -0.3 is 20.3 Å². The third-order valence-corrected chi connectivity index (χ3v) is 7.34. The molecule has 0 spiro atoms. The van der Waals surface area contributed by atoms with Crippen molar-refractivity contribution in [1.82, 2.24) is 15.2 Å². The number of pyridine rings is 1. The smallest absolute Gasteiger partial charge is 0.331 e. The first-order valence-electron chi connectivity index (χ1n) is 11.8. The van der Waals surface area contributed by atoms with Crippen LogP contribution in [0.3, 0.4) is 0 Å². The molecule has 186 valence electrons. The summed E-state index contributed by atoms with van der Waals surface area (Å²) in [6.07, 6.45) is 3.62. The van der Waals surface area contributed by atoms with E-state index in [9.17, 15) is 14.4 Å². The number of aryl methyl sites for hydroxylation is 1. The summed E-state index contributed by atoms with van der Waals surface area (Å²) in [6, 6.07) is 6.87. The summed E-state index contributed by atoms with van der Waals surface area (Å²) in [6.45, 7) is 10.4. The number of carbonyl (C=O) groups is 3. The maximum absolute atomic E-state index is 13.4. The highest BCUT2D eigenvalue weighted by Gasteiger charge is 2.34. The number of carbonyl (C=O) groups excluding carboxylic acids is 3. The highest BCUT2D eigenvalue weighted by molar-refractivity contribution is 7.21. The third-order valence-electron chi connectivity index (χ3n) is 6.24. The minimum absolute atomic E-state index is 0.0427. The molecule has 3 aromatic rings. The van der Waals surface area contributed by atoms with Gasteiger partial charge in [0.05, 0.1) is 28.6 Å². The first-order chi connectivity index (χ1) is 17.3. The van der Waals surface area contributed by atoms with Crippen LogP contribution < -0.4 is 20.3 Å². The number of hydrogen-bond donors (Lipinski definition) is 2. The monoisotopic (exact) mass is 505 g/mol. The Morgan fingerprint density at radius 2 is 2.11 bits per heavy atom. The van der Waals surface area contributed by atoms with E-state index in [1.54, 1.807) is 22.1 Å². The van der Waals surface area contributed by atoms with E-state index in [0.717, 1.165) is 22.4 Å². The van der Waals surface area contributed by atoms with E-state index in [2.05, 4.69) is 22.2 Å². The van der Waals surface area contributed by atoms with Crippen LogP contribution in [-0.2, 0) is 4.79 Å². The van der Waals surface area contributed by atoms with Crippen molar-refractivity contribution < 1.29 is 19.1 Å². The predicted molar refractivity (Wildman–Crippen MR) is 140 cm³/mol. The first kappa shape index (κ1) is 23.8. The maximum atomic E-state index is 13.4. The third kappa shape index (κ3) is 4.17. The molecule has 1 aromatic carbocycles. The van der Waals surface area contributed by atoms with Gasteiger partial charge in [0.1, 0.15) is 15.5 Å². The second-order valence-electron chi connectivity index (χ2n) is 9.14. The van der Waals surface area contributed by atoms with Crippen molar-refractivity contribution in [3.63, 3.8) is 0 Å². The van der Waals surface area contributed by atoms with E-state index in [1.165, 1.54) is 17.4 Å². The van der Waals surface area contributed by atoms with Crippen LogP contribution in [0.25, 0.3) is 10.2 Å². The molecular formula is C26H27N5O4S. The molecule has 2 N–H and O–H groups in total. The Balaban J connectivity index is 1.47. The van der Waals surface area contributed by atoms with Crippen LogP contribution >= 0.6 is 11.3 Å². The fraction of sp³-hybridized carbons (Fsp3) is 0.308. The minimum Gasteiger partial charge on any atom is -0.491 e. The van der Waals surface area contributed by atoms with Crippen molar-refractivity contribution in [3.8, 4) is 5.75 Å². The van der Waals surface area contributed by atoms with Gasteiger partial charge in [-0.1, -0.05) is 6.58 Å². The maximum Gasteiger partial charge on any atom is 0.331 e. The van der Waals surface area contributed by atoms with Crippen LogP contribution in [0.1, 0.15) is 35.5 Å². The summed E-state index contributed by atoms with van der Waals surface area (Å²) >= 11 is 1.24. The average Bonchev–Trinajstić information content (AvgIpc) is 3.45. The molecule has 10 heteroatoms. The molecule has 0 aliphatic carbocycles. The number of thiophene rings is 1. The molecule has 4 amide bonds. The summed E-state index contributed by atoms with van der Waals surface area (Å²) in [5.74, 6) is 0.292. The molecule has 1 atom stereocenters. The molecule has 0 saturated carbocycles. The van der Waals surface area contributed by atoms with Gasteiger partial charge in [-0.05, 0) is 63.1 Å². The lowest BCUT2D eigenvalue weighted by molar-refractivity contribution is -0.125. The van der Waals surface area contributed by atoms with Crippen LogP contribution in [-0.4, -0.2) is 53.0 Å². The SMILES string of the molecule is C=CC(=O)N1CCC(NC(=O)c2sc3nccc4c3c2NC(=O)N4c2ccc(OC(C)C)cc2C)C1. The number of nitrogens with one attached hydrogen (secondary N) is 2. The van der Waals surface area contributed by atoms with E-state index < -0.39 is 0 Å². The Labute approximate surface area is 212 Å². The van der Waals surface area contributed by atoms with Crippen molar-refractivity contribution in [2.75, 3.05) is 23.3 Å². The number of anilines is 3. The number of benzene rings is 1. The van der Waals surface area contributed by atoms with E-state index >= 15 is 0 Å². The zero-order chi connectivity index (χ0) is 25.6. The van der Waals surface area contributed by atoms with Crippen LogP contribution in [0.5, 0.6) is 5.75 Å². The molecule has 9 nitrogen and oxygen atoms in total. The molecule has 1 fully saturated rings. The summed E-state index contributed by atoms with van der Waals surface area (Å²) in [5.41, 5.74) is 2.73. The number of hydrogen-bond acceptors (Lipinski definition) is 6. The van der Waals surface area contributed by atoms with Gasteiger partial charge in [0.15, 0.2) is 0 Å². The van der Waals surface area contributed by atoms with Crippen LogP contribution in [0.15, 0.2) is 43.1 Å². The first-order valence-corrected chi connectivity index (χ1v) is 12.6. The lowest BCUT2D eigenvalue weighted by atomic mass is 10.1. The van der Waals surface area contributed by atoms with Crippen molar-refractivity contribution in [2.24, 2.45) is 0 Å². The van der Waals surface area contributed by atoms with Crippen molar-refractivity contribution in [1.29, 1.82) is 0 Å². The minimum atomic E-state index is -0.355. The van der Waals surface area contributed by atoms with Crippen LogP contribution in [0, 0.1) is 6.92 Å². The highest BCUT2D eigenvalue weighted by Crippen LogP contribution is 2.46. The molecule has 0 radical (unpaired) electrons. The lowest BCUT2D eigenvalue weighted by Crippen LogP contribution is -2.39. The van der Waals surface area contributed by atoms with Gasteiger partial charge in [0.25, 0.3) is 5.91 Å². The Morgan fingerprint density at radius 1 is 1.31 bits per heavy atom. The normalized spacial score (nSPS) is 16.9. The van der Waals surface area contributed by atoms with Crippen LogP contribution in [0.2, 0.25) is 0 Å². The topological polar surface area (TPSA) is 104 Å². The zero-order valence-corrected chi connectivity index (χ0v) is 21.1. The van der Waals surface area contributed by atoms with Crippen molar-refractivity contribution in [2.45, 2.75) is 39.3 Å². The number of likely N-dealkylation sites (tertiary alicyclic amines) is 1. The standard InChI is InChI=1S/C26H27N5O4S/c1-5-20(32)30-11-9-16(13-30)28-24(33)23-22-21-19(8-10-27-25(21)36-23)31(26(34)29-22)18-7-6-17(12-15(18)4)35-14(2)3/h5-8,10,12,14,16H,1,9,11,13H2,2-4H3,(H,28,33)(H,29,34). The summed E-state index contributed by atoms with van der Waals surface area (Å²) < 4.78 is 5.79. The van der Waals surface area contributed by atoms with Crippen LogP contribution in [0.4, 0.5) is 21.9 Å². The van der Waals surface area contributed by atoms with E-state index in [0.29, 0.717) is 40.6 Å².